The number of para-hydroxylation sites is 1. The second-order valence-corrected chi connectivity index (χ2v) is 8.48. The van der Waals surface area contributed by atoms with Crippen molar-refractivity contribution in [3.8, 4) is 17.2 Å². The molecular weight excluding hydrogens is 478 g/mol. The summed E-state index contributed by atoms with van der Waals surface area (Å²) in [7, 11) is 0. The Balaban J connectivity index is 1.20. The van der Waals surface area contributed by atoms with Crippen molar-refractivity contribution in [2.75, 3.05) is 13.2 Å². The van der Waals surface area contributed by atoms with Crippen LogP contribution in [0.1, 0.15) is 18.1 Å². The molecule has 0 aliphatic heterocycles. The molecule has 0 aliphatic rings. The van der Waals surface area contributed by atoms with E-state index < -0.39 is 0 Å². The van der Waals surface area contributed by atoms with Gasteiger partial charge in [-0.15, -0.1) is 0 Å². The van der Waals surface area contributed by atoms with Crippen molar-refractivity contribution < 1.29 is 19.0 Å². The number of rotatable bonds is 10. The van der Waals surface area contributed by atoms with Gasteiger partial charge in [0.25, 0.3) is 5.91 Å². The summed E-state index contributed by atoms with van der Waals surface area (Å²) in [4.78, 5) is 16.6. The summed E-state index contributed by atoms with van der Waals surface area (Å²) in [6.07, 6.45) is 3.24. The number of ether oxygens (including phenoxy) is 3. The Bertz CT molecular complexity index is 1590. The second-order valence-electron chi connectivity index (χ2n) is 8.48. The van der Waals surface area contributed by atoms with Crippen molar-refractivity contribution in [2.45, 2.75) is 13.5 Å². The highest BCUT2D eigenvalue weighted by molar-refractivity contribution is 5.87. The average molecular weight is 506 g/mol. The Morgan fingerprint density at radius 3 is 2.58 bits per heavy atom. The van der Waals surface area contributed by atoms with Gasteiger partial charge in [0.2, 0.25) is 0 Å². The fourth-order valence-corrected chi connectivity index (χ4v) is 4.11. The van der Waals surface area contributed by atoms with Crippen LogP contribution in [0.4, 0.5) is 0 Å². The van der Waals surface area contributed by atoms with E-state index in [-0.39, 0.29) is 12.5 Å². The quantitative estimate of drug-likeness (QED) is 0.189. The lowest BCUT2D eigenvalue weighted by molar-refractivity contribution is -0.123. The lowest BCUT2D eigenvalue weighted by Crippen LogP contribution is -2.24. The monoisotopic (exact) mass is 505 g/mol. The van der Waals surface area contributed by atoms with Gasteiger partial charge in [0.1, 0.15) is 17.9 Å². The lowest BCUT2D eigenvalue weighted by atomic mass is 10.1. The highest BCUT2D eigenvalue weighted by Gasteiger charge is 2.09. The molecule has 7 heteroatoms. The number of nitrogens with one attached hydrogen (secondary N) is 1. The molecule has 1 heterocycles. The largest absolute Gasteiger partial charge is 0.490 e. The number of hydrazone groups is 1. The Kier molecular flexibility index (Phi) is 7.75. The summed E-state index contributed by atoms with van der Waals surface area (Å²) in [6, 6.07) is 29.3. The number of hydrogen-bond acceptors (Lipinski definition) is 6. The molecule has 4 aromatic carbocycles. The number of carbonyl (C=O) groups excluding carboxylic acids is 1. The zero-order chi connectivity index (χ0) is 26.2. The van der Waals surface area contributed by atoms with E-state index >= 15 is 0 Å². The smallest absolute Gasteiger partial charge is 0.277 e. The summed E-state index contributed by atoms with van der Waals surface area (Å²) in [5.74, 6) is 1.41. The van der Waals surface area contributed by atoms with Gasteiger partial charge >= 0.3 is 0 Å². The molecular formula is C31H27N3O4. The van der Waals surface area contributed by atoms with Gasteiger partial charge in [-0.3, -0.25) is 9.78 Å². The molecule has 1 N–H and O–H groups in total. The zero-order valence-corrected chi connectivity index (χ0v) is 21.0. The van der Waals surface area contributed by atoms with Gasteiger partial charge in [-0.25, -0.2) is 5.43 Å². The molecule has 0 saturated heterocycles. The van der Waals surface area contributed by atoms with E-state index in [4.69, 9.17) is 14.2 Å². The first kappa shape index (κ1) is 24.8. The highest BCUT2D eigenvalue weighted by Crippen LogP contribution is 2.30. The maximum absolute atomic E-state index is 12.3. The number of hydrogen-bond donors (Lipinski definition) is 1. The van der Waals surface area contributed by atoms with Gasteiger partial charge in [-0.2, -0.15) is 5.10 Å². The van der Waals surface area contributed by atoms with E-state index in [0.717, 1.165) is 21.9 Å². The first-order chi connectivity index (χ1) is 18.7. The van der Waals surface area contributed by atoms with Gasteiger partial charge in [0.15, 0.2) is 18.1 Å². The Morgan fingerprint density at radius 2 is 1.66 bits per heavy atom. The number of pyridine rings is 1. The molecule has 7 nitrogen and oxygen atoms in total. The van der Waals surface area contributed by atoms with Crippen molar-refractivity contribution in [1.82, 2.24) is 10.4 Å². The molecule has 0 atom stereocenters. The number of aromatic nitrogens is 1. The molecule has 0 aliphatic carbocycles. The minimum absolute atomic E-state index is 0.182. The van der Waals surface area contributed by atoms with Crippen LogP contribution in [0, 0.1) is 0 Å². The molecule has 0 fully saturated rings. The van der Waals surface area contributed by atoms with Crippen LogP contribution in [0.5, 0.6) is 17.2 Å². The second kappa shape index (κ2) is 11.9. The predicted octanol–water partition coefficient (Wildman–Crippen LogP) is 5.89. The standard InChI is InChI=1S/C31H27N3O4/c1-2-36-29-18-22(15-16-27(29)37-20-25-11-5-9-23-8-3-4-13-26(23)25)19-33-34-30(35)21-38-28-14-6-10-24-12-7-17-32-31(24)28/h3-19H,2,20-21H2,1H3,(H,34,35)/b33-19-. The zero-order valence-electron chi connectivity index (χ0n) is 21.0. The summed E-state index contributed by atoms with van der Waals surface area (Å²) >= 11 is 0. The minimum Gasteiger partial charge on any atom is -0.490 e. The van der Waals surface area contributed by atoms with Crippen LogP contribution in [-0.4, -0.2) is 30.3 Å². The molecule has 5 rings (SSSR count). The number of carbonyl (C=O) groups is 1. The van der Waals surface area contributed by atoms with Gasteiger partial charge in [-0.05, 0) is 59.2 Å². The molecule has 190 valence electrons. The van der Waals surface area contributed by atoms with Gasteiger partial charge < -0.3 is 14.2 Å². The molecule has 1 aromatic heterocycles. The fraction of sp³-hybridized carbons (Fsp3) is 0.129. The topological polar surface area (TPSA) is 82.0 Å². The van der Waals surface area contributed by atoms with Crippen molar-refractivity contribution >= 4 is 33.8 Å². The normalized spacial score (nSPS) is 11.1. The van der Waals surface area contributed by atoms with Crippen molar-refractivity contribution in [2.24, 2.45) is 5.10 Å². The number of benzene rings is 4. The van der Waals surface area contributed by atoms with Crippen LogP contribution in [0.15, 0.2) is 102 Å². The van der Waals surface area contributed by atoms with Crippen LogP contribution >= 0.6 is 0 Å². The van der Waals surface area contributed by atoms with Gasteiger partial charge in [0, 0.05) is 11.6 Å². The van der Waals surface area contributed by atoms with Gasteiger partial charge in [0.05, 0.1) is 12.8 Å². The van der Waals surface area contributed by atoms with Crippen LogP contribution in [0.3, 0.4) is 0 Å². The van der Waals surface area contributed by atoms with Crippen molar-refractivity contribution in [3.05, 3.63) is 108 Å². The first-order valence-corrected chi connectivity index (χ1v) is 12.4. The van der Waals surface area contributed by atoms with E-state index in [2.05, 4.69) is 39.8 Å². The molecule has 5 aromatic rings. The molecule has 0 spiro atoms. The third-order valence-corrected chi connectivity index (χ3v) is 5.89. The van der Waals surface area contributed by atoms with E-state index in [1.807, 2.05) is 67.6 Å². The molecule has 38 heavy (non-hydrogen) atoms. The molecule has 0 radical (unpaired) electrons. The predicted molar refractivity (Wildman–Crippen MR) is 149 cm³/mol. The van der Waals surface area contributed by atoms with E-state index in [1.54, 1.807) is 18.5 Å². The van der Waals surface area contributed by atoms with E-state index in [9.17, 15) is 4.79 Å². The number of amides is 1. The van der Waals surface area contributed by atoms with Gasteiger partial charge in [-0.1, -0.05) is 60.7 Å². The highest BCUT2D eigenvalue weighted by atomic mass is 16.5. The Morgan fingerprint density at radius 1 is 0.842 bits per heavy atom. The van der Waals surface area contributed by atoms with Crippen LogP contribution < -0.4 is 19.6 Å². The third kappa shape index (κ3) is 5.90. The van der Waals surface area contributed by atoms with Crippen LogP contribution in [-0.2, 0) is 11.4 Å². The maximum atomic E-state index is 12.3. The average Bonchev–Trinajstić information content (AvgIpc) is 2.96. The summed E-state index contributed by atoms with van der Waals surface area (Å²) in [6.45, 7) is 2.64. The van der Waals surface area contributed by atoms with Crippen molar-refractivity contribution in [1.29, 1.82) is 0 Å². The molecule has 0 unspecified atom stereocenters. The molecule has 0 saturated carbocycles. The van der Waals surface area contributed by atoms with Crippen LogP contribution in [0.2, 0.25) is 0 Å². The minimum atomic E-state index is -0.380. The first-order valence-electron chi connectivity index (χ1n) is 12.4. The summed E-state index contributed by atoms with van der Waals surface area (Å²) < 4.78 is 17.6. The third-order valence-electron chi connectivity index (χ3n) is 5.89. The summed E-state index contributed by atoms with van der Waals surface area (Å²) in [5, 5.41) is 7.33. The number of nitrogens with zero attached hydrogens (tertiary/aromatic N) is 2. The van der Waals surface area contributed by atoms with Crippen LogP contribution in [0.25, 0.3) is 21.7 Å². The summed E-state index contributed by atoms with van der Waals surface area (Å²) in [5.41, 5.74) is 5.05. The van der Waals surface area contributed by atoms with Crippen molar-refractivity contribution in [3.63, 3.8) is 0 Å². The van der Waals surface area contributed by atoms with E-state index in [0.29, 0.717) is 36.0 Å². The maximum Gasteiger partial charge on any atom is 0.277 e. The number of fused-ring (bicyclic) bond motifs is 2. The van der Waals surface area contributed by atoms with E-state index in [1.165, 1.54) is 5.39 Å². The SMILES string of the molecule is CCOc1cc(/C=N\NC(=O)COc2cccc3cccnc23)ccc1OCc1cccc2ccccc12. The lowest BCUT2D eigenvalue weighted by Gasteiger charge is -2.13. The Hall–Kier alpha value is -4.91. The fourth-order valence-electron chi connectivity index (χ4n) is 4.11. The molecule has 0 bridgehead atoms. The Labute approximate surface area is 220 Å². The molecule has 1 amide bonds.